The van der Waals surface area contributed by atoms with Gasteiger partial charge in [0, 0.05) is 19.6 Å². The van der Waals surface area contributed by atoms with E-state index in [1.54, 1.807) is 4.90 Å². The molecule has 3 rings (SSSR count). The van der Waals surface area contributed by atoms with E-state index in [-0.39, 0.29) is 23.1 Å². The zero-order valence-electron chi connectivity index (χ0n) is 19.6. The van der Waals surface area contributed by atoms with Crippen LogP contribution in [-0.2, 0) is 11.3 Å². The van der Waals surface area contributed by atoms with E-state index in [0.717, 1.165) is 24.0 Å². The second-order valence-electron chi connectivity index (χ2n) is 9.18. The molecule has 33 heavy (non-hydrogen) atoms. The minimum Gasteiger partial charge on any atom is -0.504 e. The molecule has 0 aliphatic carbocycles. The van der Waals surface area contributed by atoms with Crippen LogP contribution in [0, 0.1) is 0 Å². The quantitative estimate of drug-likeness (QED) is 0.584. The third-order valence-corrected chi connectivity index (χ3v) is 5.60. The molecule has 8 nitrogen and oxygen atoms in total. The Bertz CT molecular complexity index is 1010. The first-order valence-corrected chi connectivity index (χ1v) is 11.0. The average molecular weight is 457 g/mol. The number of phenols is 2. The summed E-state index contributed by atoms with van der Waals surface area (Å²) in [6, 6.07) is 11.0. The van der Waals surface area contributed by atoms with Gasteiger partial charge in [0.05, 0.1) is 12.7 Å². The summed E-state index contributed by atoms with van der Waals surface area (Å²) in [5, 5.41) is 23.0. The van der Waals surface area contributed by atoms with Crippen molar-refractivity contribution in [3.05, 3.63) is 53.1 Å². The zero-order valence-corrected chi connectivity index (χ0v) is 19.6. The van der Waals surface area contributed by atoms with Gasteiger partial charge in [0.2, 0.25) is 5.75 Å². The van der Waals surface area contributed by atoms with Crippen molar-refractivity contribution in [3.63, 3.8) is 0 Å². The number of nitrogens with one attached hydrogen (secondary N) is 1. The van der Waals surface area contributed by atoms with Crippen LogP contribution in [0.1, 0.15) is 61.0 Å². The highest BCUT2D eigenvalue weighted by molar-refractivity contribution is 5.98. The Kier molecular flexibility index (Phi) is 7.36. The standard InChI is InChI=1S/C25H32N2O6/c1-25(2,3)33-24(31)26-15-16-6-5-7-18(14-16)17-10-12-27(13-11-17)23(30)19-8-9-20(32-4)22(29)21(19)28/h5-9,14,17,28-29H,10-13,15H2,1-4H3,(H,26,31). The van der Waals surface area contributed by atoms with E-state index in [4.69, 9.17) is 9.47 Å². The van der Waals surface area contributed by atoms with Crippen LogP contribution in [0.4, 0.5) is 4.79 Å². The molecular formula is C25H32N2O6. The number of piperidine rings is 1. The van der Waals surface area contributed by atoms with Crippen LogP contribution in [0.25, 0.3) is 0 Å². The smallest absolute Gasteiger partial charge is 0.407 e. The van der Waals surface area contributed by atoms with E-state index in [1.807, 2.05) is 32.9 Å². The van der Waals surface area contributed by atoms with E-state index in [2.05, 4.69) is 17.4 Å². The van der Waals surface area contributed by atoms with Crippen molar-refractivity contribution in [2.24, 2.45) is 0 Å². The van der Waals surface area contributed by atoms with Gasteiger partial charge >= 0.3 is 6.09 Å². The molecule has 0 unspecified atom stereocenters. The SMILES string of the molecule is COc1ccc(C(=O)N2CCC(c3cccc(CNC(=O)OC(C)(C)C)c3)CC2)c(O)c1O. The summed E-state index contributed by atoms with van der Waals surface area (Å²) < 4.78 is 10.2. The average Bonchev–Trinajstić information content (AvgIpc) is 2.78. The predicted molar refractivity (Wildman–Crippen MR) is 124 cm³/mol. The molecule has 0 aromatic heterocycles. The van der Waals surface area contributed by atoms with Crippen molar-refractivity contribution < 1.29 is 29.3 Å². The second-order valence-corrected chi connectivity index (χ2v) is 9.18. The molecule has 0 saturated carbocycles. The van der Waals surface area contributed by atoms with Crippen molar-refractivity contribution in [2.75, 3.05) is 20.2 Å². The van der Waals surface area contributed by atoms with Gasteiger partial charge in [-0.15, -0.1) is 0 Å². The Hall–Kier alpha value is -3.42. The molecule has 178 valence electrons. The van der Waals surface area contributed by atoms with E-state index in [9.17, 15) is 19.8 Å². The topological polar surface area (TPSA) is 108 Å². The first-order valence-electron chi connectivity index (χ1n) is 11.0. The lowest BCUT2D eigenvalue weighted by Gasteiger charge is -2.32. The molecule has 1 fully saturated rings. The minimum atomic E-state index is -0.543. The highest BCUT2D eigenvalue weighted by atomic mass is 16.6. The second kappa shape index (κ2) is 10.0. The molecule has 2 aromatic carbocycles. The highest BCUT2D eigenvalue weighted by Gasteiger charge is 2.27. The Balaban J connectivity index is 1.59. The number of carbonyl (C=O) groups excluding carboxylic acids is 2. The fraction of sp³-hybridized carbons (Fsp3) is 0.440. The third-order valence-electron chi connectivity index (χ3n) is 5.60. The summed E-state index contributed by atoms with van der Waals surface area (Å²) in [6.07, 6.45) is 1.10. The van der Waals surface area contributed by atoms with Gasteiger partial charge in [-0.1, -0.05) is 24.3 Å². The Morgan fingerprint density at radius 1 is 1.09 bits per heavy atom. The third kappa shape index (κ3) is 6.09. The molecule has 8 heteroatoms. The van der Waals surface area contributed by atoms with Gasteiger partial charge in [-0.3, -0.25) is 4.79 Å². The van der Waals surface area contributed by atoms with Gasteiger partial charge in [0.25, 0.3) is 5.91 Å². The number of methoxy groups -OCH3 is 1. The van der Waals surface area contributed by atoms with Crippen molar-refractivity contribution in [3.8, 4) is 17.2 Å². The molecule has 2 amide bonds. The van der Waals surface area contributed by atoms with Crippen LogP contribution >= 0.6 is 0 Å². The number of carbonyl (C=O) groups is 2. The number of likely N-dealkylation sites (tertiary alicyclic amines) is 1. The van der Waals surface area contributed by atoms with Gasteiger partial charge in [-0.05, 0) is 62.8 Å². The van der Waals surface area contributed by atoms with E-state index in [0.29, 0.717) is 19.6 Å². The Morgan fingerprint density at radius 3 is 2.42 bits per heavy atom. The normalized spacial score (nSPS) is 14.6. The molecule has 2 aromatic rings. The predicted octanol–water partition coefficient (Wildman–Crippen LogP) is 4.15. The molecule has 0 spiro atoms. The first kappa shape index (κ1) is 24.2. The lowest BCUT2D eigenvalue weighted by atomic mass is 9.88. The number of hydrogen-bond donors (Lipinski definition) is 3. The highest BCUT2D eigenvalue weighted by Crippen LogP contribution is 2.39. The first-order chi connectivity index (χ1) is 15.6. The number of alkyl carbamates (subject to hydrolysis) is 1. The number of aromatic hydroxyl groups is 2. The fourth-order valence-electron chi connectivity index (χ4n) is 3.93. The molecule has 0 radical (unpaired) electrons. The van der Waals surface area contributed by atoms with Crippen LogP contribution in [0.15, 0.2) is 36.4 Å². The summed E-state index contributed by atoms with van der Waals surface area (Å²) in [5.41, 5.74) is 1.66. The number of benzene rings is 2. The van der Waals surface area contributed by atoms with Crippen LogP contribution in [0.3, 0.4) is 0 Å². The van der Waals surface area contributed by atoms with Gasteiger partial charge in [0.15, 0.2) is 11.5 Å². The Labute approximate surface area is 194 Å². The van der Waals surface area contributed by atoms with Gasteiger partial charge in [0.1, 0.15) is 5.60 Å². The van der Waals surface area contributed by atoms with Crippen molar-refractivity contribution in [1.82, 2.24) is 10.2 Å². The maximum Gasteiger partial charge on any atom is 0.407 e. The maximum atomic E-state index is 12.9. The number of ether oxygens (including phenoxy) is 2. The van der Waals surface area contributed by atoms with Crippen molar-refractivity contribution >= 4 is 12.0 Å². The van der Waals surface area contributed by atoms with Crippen LogP contribution in [0.5, 0.6) is 17.2 Å². The van der Waals surface area contributed by atoms with Gasteiger partial charge < -0.3 is 29.9 Å². The fourth-order valence-corrected chi connectivity index (χ4v) is 3.93. The number of phenolic OH excluding ortho intramolecular Hbond substituents is 2. The molecule has 0 atom stereocenters. The summed E-state index contributed by atoms with van der Waals surface area (Å²) in [5.74, 6) is -0.821. The van der Waals surface area contributed by atoms with E-state index >= 15 is 0 Å². The van der Waals surface area contributed by atoms with Crippen LogP contribution in [-0.4, -0.2) is 52.9 Å². The van der Waals surface area contributed by atoms with Gasteiger partial charge in [-0.25, -0.2) is 4.79 Å². The summed E-state index contributed by atoms with van der Waals surface area (Å²) in [7, 11) is 1.38. The van der Waals surface area contributed by atoms with Crippen molar-refractivity contribution in [1.29, 1.82) is 0 Å². The monoisotopic (exact) mass is 456 g/mol. The lowest BCUT2D eigenvalue weighted by molar-refractivity contribution is 0.0523. The van der Waals surface area contributed by atoms with E-state index in [1.165, 1.54) is 19.2 Å². The number of amides is 2. The van der Waals surface area contributed by atoms with Gasteiger partial charge in [-0.2, -0.15) is 0 Å². The summed E-state index contributed by atoms with van der Waals surface area (Å²) in [4.78, 5) is 26.5. The number of nitrogens with zero attached hydrogens (tertiary/aromatic N) is 1. The van der Waals surface area contributed by atoms with Crippen LogP contribution in [0.2, 0.25) is 0 Å². The molecular weight excluding hydrogens is 424 g/mol. The van der Waals surface area contributed by atoms with E-state index < -0.39 is 23.2 Å². The maximum absolute atomic E-state index is 12.9. The number of hydrogen-bond acceptors (Lipinski definition) is 6. The molecule has 1 heterocycles. The molecule has 1 saturated heterocycles. The largest absolute Gasteiger partial charge is 0.504 e. The summed E-state index contributed by atoms with van der Waals surface area (Å²) in [6.45, 7) is 6.92. The minimum absolute atomic E-state index is 0.0574. The molecule has 1 aliphatic rings. The van der Waals surface area contributed by atoms with Crippen molar-refractivity contribution in [2.45, 2.75) is 51.7 Å². The van der Waals surface area contributed by atoms with Crippen LogP contribution < -0.4 is 10.1 Å². The zero-order chi connectivity index (χ0) is 24.2. The number of rotatable bonds is 5. The molecule has 1 aliphatic heterocycles. The molecule has 3 N–H and O–H groups in total. The summed E-state index contributed by atoms with van der Waals surface area (Å²) >= 11 is 0. The lowest BCUT2D eigenvalue weighted by Crippen LogP contribution is -2.38. The molecule has 0 bridgehead atoms. The Morgan fingerprint density at radius 2 is 1.79 bits per heavy atom.